The lowest BCUT2D eigenvalue weighted by Crippen LogP contribution is -2.28. The Hall–Kier alpha value is -3.87. The van der Waals surface area contributed by atoms with Gasteiger partial charge in [0.15, 0.2) is 0 Å². The predicted octanol–water partition coefficient (Wildman–Crippen LogP) is 2.95. The number of carbonyl (C=O) groups excluding carboxylic acids is 3. The first-order chi connectivity index (χ1) is 14.4. The first-order valence-corrected chi connectivity index (χ1v) is 9.59. The van der Waals surface area contributed by atoms with Crippen LogP contribution in [0.1, 0.15) is 38.5 Å². The Morgan fingerprint density at radius 1 is 0.900 bits per heavy atom. The highest BCUT2D eigenvalue weighted by molar-refractivity contribution is 6.09. The molecular formula is C23H24N4O3. The molecule has 1 heterocycles. The first kappa shape index (κ1) is 20.9. The number of carbonyl (C=O) groups is 3. The van der Waals surface area contributed by atoms with Gasteiger partial charge in [-0.05, 0) is 44.2 Å². The van der Waals surface area contributed by atoms with E-state index in [1.807, 2.05) is 54.8 Å². The number of primary amides is 1. The Morgan fingerprint density at radius 3 is 2.27 bits per heavy atom. The molecule has 0 spiro atoms. The lowest BCUT2D eigenvalue weighted by Gasteiger charge is -2.12. The molecule has 3 amide bonds. The zero-order valence-corrected chi connectivity index (χ0v) is 16.9. The number of nitrogens with zero attached hydrogens (tertiary/aromatic N) is 1. The van der Waals surface area contributed by atoms with Crippen molar-refractivity contribution >= 4 is 23.4 Å². The normalized spacial score (nSPS) is 10.5. The predicted molar refractivity (Wildman–Crippen MR) is 116 cm³/mol. The van der Waals surface area contributed by atoms with Crippen LogP contribution in [0.3, 0.4) is 0 Å². The van der Waals surface area contributed by atoms with Crippen molar-refractivity contribution in [2.24, 2.45) is 5.73 Å². The van der Waals surface area contributed by atoms with Crippen molar-refractivity contribution < 1.29 is 14.4 Å². The van der Waals surface area contributed by atoms with E-state index in [2.05, 4.69) is 10.6 Å². The number of nitrogens with two attached hydrogens (primary N) is 1. The van der Waals surface area contributed by atoms with Gasteiger partial charge in [0.1, 0.15) is 0 Å². The van der Waals surface area contributed by atoms with Crippen LogP contribution in [0.4, 0.5) is 5.69 Å². The average Bonchev–Trinajstić information content (AvgIpc) is 3.02. The number of hydrogen-bond acceptors (Lipinski definition) is 3. The van der Waals surface area contributed by atoms with Crippen molar-refractivity contribution in [3.8, 4) is 5.69 Å². The highest BCUT2D eigenvalue weighted by atomic mass is 16.2. The quantitative estimate of drug-likeness (QED) is 0.564. The van der Waals surface area contributed by atoms with Crippen LogP contribution in [0.2, 0.25) is 0 Å². The van der Waals surface area contributed by atoms with E-state index in [9.17, 15) is 14.4 Å². The van der Waals surface area contributed by atoms with E-state index in [0.717, 1.165) is 17.1 Å². The Balaban J connectivity index is 1.82. The smallest absolute Gasteiger partial charge is 0.257 e. The van der Waals surface area contributed by atoms with Crippen LogP contribution in [0, 0.1) is 13.8 Å². The van der Waals surface area contributed by atoms with Gasteiger partial charge in [0.05, 0.1) is 16.8 Å². The van der Waals surface area contributed by atoms with Crippen molar-refractivity contribution in [3.05, 3.63) is 83.2 Å². The Bertz CT molecular complexity index is 1090. The van der Waals surface area contributed by atoms with E-state index in [0.29, 0.717) is 16.8 Å². The minimum Gasteiger partial charge on any atom is -0.370 e. The van der Waals surface area contributed by atoms with E-state index in [1.165, 1.54) is 0 Å². The fraction of sp³-hybridized carbons (Fsp3) is 0.174. The summed E-state index contributed by atoms with van der Waals surface area (Å²) in [6.07, 6.45) is 0.0474. The molecule has 0 aliphatic rings. The number of nitrogens with one attached hydrogen (secondary N) is 2. The van der Waals surface area contributed by atoms with Crippen LogP contribution in [-0.4, -0.2) is 28.8 Å². The molecule has 2 aromatic carbocycles. The van der Waals surface area contributed by atoms with Crippen LogP contribution in [0.25, 0.3) is 5.69 Å². The number of aryl methyl sites for hydroxylation is 1. The highest BCUT2D eigenvalue weighted by Gasteiger charge is 2.19. The zero-order chi connectivity index (χ0) is 21.7. The van der Waals surface area contributed by atoms with Crippen molar-refractivity contribution in [1.29, 1.82) is 0 Å². The molecule has 3 aromatic rings. The second-order valence-electron chi connectivity index (χ2n) is 6.93. The van der Waals surface area contributed by atoms with Crippen LogP contribution in [0.5, 0.6) is 0 Å². The van der Waals surface area contributed by atoms with Crippen molar-refractivity contribution in [3.63, 3.8) is 0 Å². The summed E-state index contributed by atoms with van der Waals surface area (Å²) in [5, 5.41) is 5.47. The van der Waals surface area contributed by atoms with Gasteiger partial charge in [-0.15, -0.1) is 0 Å². The summed E-state index contributed by atoms with van der Waals surface area (Å²) in [5.41, 5.74) is 9.04. The van der Waals surface area contributed by atoms with Crippen molar-refractivity contribution in [2.45, 2.75) is 20.3 Å². The number of hydrogen-bond donors (Lipinski definition) is 3. The third kappa shape index (κ3) is 4.57. The molecular weight excluding hydrogens is 380 g/mol. The van der Waals surface area contributed by atoms with Crippen molar-refractivity contribution in [1.82, 2.24) is 9.88 Å². The monoisotopic (exact) mass is 404 g/mol. The number of amides is 3. The molecule has 0 saturated heterocycles. The van der Waals surface area contributed by atoms with Crippen LogP contribution >= 0.6 is 0 Å². The Morgan fingerprint density at radius 2 is 1.57 bits per heavy atom. The first-order valence-electron chi connectivity index (χ1n) is 9.59. The summed E-state index contributed by atoms with van der Waals surface area (Å²) in [6.45, 7) is 3.96. The third-order valence-electron chi connectivity index (χ3n) is 4.77. The van der Waals surface area contributed by atoms with Gasteiger partial charge in [-0.1, -0.05) is 30.3 Å². The standard InChI is InChI=1S/C23H24N4O3/c1-15-14-19(16(2)27(15)17-8-4-3-5-9-17)23(30)26-20-11-7-6-10-18(20)22(29)25-13-12-21(24)28/h3-11,14H,12-13H2,1-2H3,(H2,24,28)(H,25,29)(H,26,30). The molecule has 0 saturated carbocycles. The second-order valence-corrected chi connectivity index (χ2v) is 6.93. The molecule has 7 heteroatoms. The molecule has 0 aliphatic heterocycles. The minimum atomic E-state index is -0.495. The van der Waals surface area contributed by atoms with Crippen molar-refractivity contribution in [2.75, 3.05) is 11.9 Å². The van der Waals surface area contributed by atoms with Crippen LogP contribution in [-0.2, 0) is 4.79 Å². The number of benzene rings is 2. The van der Waals surface area contributed by atoms with Gasteiger partial charge in [0.25, 0.3) is 11.8 Å². The van der Waals surface area contributed by atoms with Gasteiger partial charge in [0, 0.05) is 30.0 Å². The van der Waals surface area contributed by atoms with Gasteiger partial charge in [0.2, 0.25) is 5.91 Å². The van der Waals surface area contributed by atoms with Gasteiger partial charge >= 0.3 is 0 Å². The van der Waals surface area contributed by atoms with E-state index < -0.39 is 5.91 Å². The molecule has 7 nitrogen and oxygen atoms in total. The number of anilines is 1. The SMILES string of the molecule is Cc1cc(C(=O)Nc2ccccc2C(=O)NCCC(N)=O)c(C)n1-c1ccccc1. The van der Waals surface area contributed by atoms with Gasteiger partial charge in [-0.3, -0.25) is 14.4 Å². The van der Waals surface area contributed by atoms with Gasteiger partial charge < -0.3 is 20.9 Å². The van der Waals surface area contributed by atoms with Gasteiger partial charge in [-0.2, -0.15) is 0 Å². The number of para-hydroxylation sites is 2. The molecule has 3 rings (SSSR count). The lowest BCUT2D eigenvalue weighted by molar-refractivity contribution is -0.117. The second kappa shape index (κ2) is 9.09. The molecule has 0 unspecified atom stereocenters. The maximum atomic E-state index is 13.0. The Kier molecular flexibility index (Phi) is 6.32. The Labute approximate surface area is 174 Å². The number of aromatic nitrogens is 1. The van der Waals surface area contributed by atoms with E-state index in [4.69, 9.17) is 5.73 Å². The molecule has 154 valence electrons. The molecule has 30 heavy (non-hydrogen) atoms. The van der Waals surface area contributed by atoms with E-state index in [-0.39, 0.29) is 24.8 Å². The summed E-state index contributed by atoms with van der Waals surface area (Å²) in [4.78, 5) is 36.3. The van der Waals surface area contributed by atoms with E-state index in [1.54, 1.807) is 24.3 Å². The molecule has 4 N–H and O–H groups in total. The topological polar surface area (TPSA) is 106 Å². The molecule has 0 bridgehead atoms. The zero-order valence-electron chi connectivity index (χ0n) is 16.9. The number of rotatable bonds is 7. The maximum Gasteiger partial charge on any atom is 0.257 e. The van der Waals surface area contributed by atoms with Crippen LogP contribution < -0.4 is 16.4 Å². The fourth-order valence-corrected chi connectivity index (χ4v) is 3.34. The molecule has 0 fully saturated rings. The largest absolute Gasteiger partial charge is 0.370 e. The highest BCUT2D eigenvalue weighted by Crippen LogP contribution is 2.23. The summed E-state index contributed by atoms with van der Waals surface area (Å²) in [7, 11) is 0. The molecule has 0 aliphatic carbocycles. The lowest BCUT2D eigenvalue weighted by atomic mass is 10.1. The summed E-state index contributed by atoms with van der Waals surface area (Å²) < 4.78 is 2.01. The van der Waals surface area contributed by atoms with Crippen LogP contribution in [0.15, 0.2) is 60.7 Å². The summed E-state index contributed by atoms with van der Waals surface area (Å²) in [6, 6.07) is 18.3. The maximum absolute atomic E-state index is 13.0. The fourth-order valence-electron chi connectivity index (χ4n) is 3.34. The third-order valence-corrected chi connectivity index (χ3v) is 4.77. The summed E-state index contributed by atoms with van der Waals surface area (Å²) in [5.74, 6) is -1.18. The average molecular weight is 404 g/mol. The molecule has 0 radical (unpaired) electrons. The molecule has 1 aromatic heterocycles. The minimum absolute atomic E-state index is 0.0474. The summed E-state index contributed by atoms with van der Waals surface area (Å²) >= 11 is 0. The van der Waals surface area contributed by atoms with Gasteiger partial charge in [-0.25, -0.2) is 0 Å². The van der Waals surface area contributed by atoms with E-state index >= 15 is 0 Å². The molecule has 0 atom stereocenters.